The van der Waals surface area contributed by atoms with Gasteiger partial charge in [0.15, 0.2) is 10.1 Å². The molecule has 1 amide bonds. The molecule has 1 aliphatic rings. The second kappa shape index (κ2) is 7.08. The minimum atomic E-state index is -0.778. The zero-order valence-electron chi connectivity index (χ0n) is 13.9. The molecule has 2 aromatic rings. The Morgan fingerprint density at radius 3 is 2.69 bits per heavy atom. The zero-order valence-corrected chi connectivity index (χ0v) is 15.5. The number of carbonyl (C=O) groups is 2. The number of nitrogens with one attached hydrogen (secondary N) is 1. The van der Waals surface area contributed by atoms with Gasteiger partial charge in [-0.05, 0) is 19.8 Å². The van der Waals surface area contributed by atoms with Crippen LogP contribution in [0.25, 0.3) is 0 Å². The molecule has 1 saturated carbocycles. The van der Waals surface area contributed by atoms with Crippen LogP contribution in [0.1, 0.15) is 39.8 Å². The smallest absolute Gasteiger partial charge is 0.330 e. The highest BCUT2D eigenvalue weighted by Gasteiger charge is 2.30. The highest BCUT2D eigenvalue weighted by atomic mass is 32.2. The number of carbonyl (C=O) groups excluding carboxylic acids is 2. The summed E-state index contributed by atoms with van der Waals surface area (Å²) in [5.41, 5.74) is 10.2. The second-order valence-electron chi connectivity index (χ2n) is 5.96. The van der Waals surface area contributed by atoms with Crippen molar-refractivity contribution in [1.82, 2.24) is 14.5 Å². The van der Waals surface area contributed by atoms with E-state index in [1.165, 1.54) is 15.9 Å². The first-order valence-corrected chi connectivity index (χ1v) is 9.63. The summed E-state index contributed by atoms with van der Waals surface area (Å²) < 4.78 is 1.87. The number of thiazole rings is 1. The Hall–Kier alpha value is -2.40. The lowest BCUT2D eigenvalue weighted by Crippen LogP contribution is -2.36. The molecule has 0 radical (unpaired) electrons. The molecule has 1 fully saturated rings. The first-order chi connectivity index (χ1) is 12.3. The third-order valence-electron chi connectivity index (χ3n) is 3.91. The molecule has 0 spiro atoms. The number of hydrogen-bond donors (Lipinski definition) is 3. The lowest BCUT2D eigenvalue weighted by Gasteiger charge is -2.10. The van der Waals surface area contributed by atoms with Gasteiger partial charge in [-0.2, -0.15) is 0 Å². The van der Waals surface area contributed by atoms with E-state index in [-0.39, 0.29) is 29.6 Å². The van der Waals surface area contributed by atoms with E-state index in [4.69, 9.17) is 11.5 Å². The van der Waals surface area contributed by atoms with Crippen molar-refractivity contribution in [2.24, 2.45) is 5.73 Å². The van der Waals surface area contributed by atoms with E-state index >= 15 is 0 Å². The van der Waals surface area contributed by atoms with Gasteiger partial charge in [-0.15, -0.1) is 11.3 Å². The van der Waals surface area contributed by atoms with E-state index in [9.17, 15) is 19.2 Å². The van der Waals surface area contributed by atoms with Crippen molar-refractivity contribution >= 4 is 40.6 Å². The van der Waals surface area contributed by atoms with Crippen LogP contribution in [0.4, 0.5) is 5.82 Å². The predicted molar refractivity (Wildman–Crippen MR) is 98.8 cm³/mol. The number of aromatic amines is 1. The van der Waals surface area contributed by atoms with Gasteiger partial charge in [-0.25, -0.2) is 9.78 Å². The molecule has 0 atom stereocenters. The number of anilines is 1. The molecule has 0 aromatic carbocycles. The summed E-state index contributed by atoms with van der Waals surface area (Å²) in [6.45, 7) is 1.76. The lowest BCUT2D eigenvalue weighted by molar-refractivity contribution is -0.117. The molecule has 2 heterocycles. The van der Waals surface area contributed by atoms with Crippen molar-refractivity contribution in [2.45, 2.75) is 36.6 Å². The number of nitrogen functional groups attached to an aromatic ring is 1. The summed E-state index contributed by atoms with van der Waals surface area (Å²) in [6.07, 6.45) is 1.68. The molecule has 138 valence electrons. The third kappa shape index (κ3) is 3.73. The molecule has 0 saturated heterocycles. The van der Waals surface area contributed by atoms with Crippen LogP contribution in [0.2, 0.25) is 0 Å². The van der Waals surface area contributed by atoms with Crippen molar-refractivity contribution in [3.8, 4) is 0 Å². The Labute approximate surface area is 155 Å². The Balaban J connectivity index is 1.79. The lowest BCUT2D eigenvalue weighted by atomic mass is 10.2. The molecular weight excluding hydrogens is 378 g/mol. The number of nitrogens with two attached hydrogens (primary N) is 2. The molecule has 9 nitrogen and oxygen atoms in total. The van der Waals surface area contributed by atoms with Crippen LogP contribution in [-0.2, 0) is 11.2 Å². The maximum atomic E-state index is 12.5. The quantitative estimate of drug-likeness (QED) is 0.447. The Bertz CT molecular complexity index is 1000. The van der Waals surface area contributed by atoms with Gasteiger partial charge >= 0.3 is 5.69 Å². The SMILES string of the molecule is Cc1nc(SCC(=O)c2c(N)n(C3CC3)c(=O)[nH]c2=O)sc1CC(N)=O. The number of primary amides is 1. The number of amides is 1. The summed E-state index contributed by atoms with van der Waals surface area (Å²) in [5.74, 6) is -1.07. The fourth-order valence-electron chi connectivity index (χ4n) is 2.52. The molecule has 0 unspecified atom stereocenters. The Morgan fingerprint density at radius 1 is 1.38 bits per heavy atom. The van der Waals surface area contributed by atoms with Crippen LogP contribution < -0.4 is 22.7 Å². The Morgan fingerprint density at radius 2 is 2.08 bits per heavy atom. The number of thioether (sulfide) groups is 1. The summed E-state index contributed by atoms with van der Waals surface area (Å²) in [6, 6.07) is -0.0588. The largest absolute Gasteiger partial charge is 0.384 e. The van der Waals surface area contributed by atoms with Crippen LogP contribution in [0, 0.1) is 6.92 Å². The molecule has 5 N–H and O–H groups in total. The summed E-state index contributed by atoms with van der Waals surface area (Å²) in [5, 5.41) is 0. The van der Waals surface area contributed by atoms with E-state index in [1.54, 1.807) is 6.92 Å². The van der Waals surface area contributed by atoms with Crippen molar-refractivity contribution < 1.29 is 9.59 Å². The van der Waals surface area contributed by atoms with Crippen molar-refractivity contribution in [1.29, 1.82) is 0 Å². The van der Waals surface area contributed by atoms with E-state index < -0.39 is 22.9 Å². The van der Waals surface area contributed by atoms with Crippen LogP contribution in [0.5, 0.6) is 0 Å². The van der Waals surface area contributed by atoms with Gasteiger partial charge in [0, 0.05) is 10.9 Å². The van der Waals surface area contributed by atoms with Crippen molar-refractivity contribution in [3.63, 3.8) is 0 Å². The van der Waals surface area contributed by atoms with Crippen LogP contribution in [0.15, 0.2) is 13.9 Å². The molecule has 0 bridgehead atoms. The minimum Gasteiger partial charge on any atom is -0.384 e. The standard InChI is InChI=1S/C15H17N5O4S2/c1-6-9(4-10(16)22)26-15(18-6)25-5-8(21)11-12(17)20(7-2-3-7)14(24)19-13(11)23/h7H,2-5,17H2,1H3,(H2,16,22)(H,19,23,24). The molecule has 2 aromatic heterocycles. The maximum Gasteiger partial charge on any atom is 0.330 e. The van der Waals surface area contributed by atoms with E-state index in [1.807, 2.05) is 0 Å². The molecule has 3 rings (SSSR count). The van der Waals surface area contributed by atoms with Gasteiger partial charge in [0.25, 0.3) is 5.56 Å². The number of aromatic nitrogens is 3. The van der Waals surface area contributed by atoms with Crippen molar-refractivity contribution in [2.75, 3.05) is 11.5 Å². The Kier molecular flexibility index (Phi) is 5.01. The summed E-state index contributed by atoms with van der Waals surface area (Å²) in [4.78, 5) is 54.7. The zero-order chi connectivity index (χ0) is 19.0. The fraction of sp³-hybridized carbons (Fsp3) is 0.400. The molecular formula is C15H17N5O4S2. The molecule has 26 heavy (non-hydrogen) atoms. The van der Waals surface area contributed by atoms with Crippen LogP contribution in [-0.4, -0.2) is 32.0 Å². The number of Topliss-reactive ketones (excluding diaryl/α,β-unsaturated/α-hetero) is 1. The molecule has 0 aliphatic heterocycles. The maximum absolute atomic E-state index is 12.5. The van der Waals surface area contributed by atoms with Gasteiger partial charge in [0.05, 0.1) is 17.9 Å². The number of hydrogen-bond acceptors (Lipinski definition) is 8. The number of nitrogens with zero attached hydrogens (tertiary/aromatic N) is 2. The number of H-pyrrole nitrogens is 1. The first kappa shape index (κ1) is 18.4. The topological polar surface area (TPSA) is 154 Å². The average molecular weight is 395 g/mol. The van der Waals surface area contributed by atoms with Gasteiger partial charge in [0.2, 0.25) is 5.91 Å². The summed E-state index contributed by atoms with van der Waals surface area (Å²) in [7, 11) is 0. The van der Waals surface area contributed by atoms with Crippen molar-refractivity contribution in [3.05, 3.63) is 37.0 Å². The highest BCUT2D eigenvalue weighted by molar-refractivity contribution is 8.01. The fourth-order valence-corrected chi connectivity index (χ4v) is 4.63. The minimum absolute atomic E-state index is 0.0564. The van der Waals surface area contributed by atoms with Gasteiger partial charge in [0.1, 0.15) is 11.4 Å². The first-order valence-electron chi connectivity index (χ1n) is 7.82. The van der Waals surface area contributed by atoms with Gasteiger partial charge in [-0.1, -0.05) is 11.8 Å². The van der Waals surface area contributed by atoms with E-state index in [0.717, 1.165) is 29.5 Å². The van der Waals surface area contributed by atoms with Gasteiger partial charge < -0.3 is 11.5 Å². The van der Waals surface area contributed by atoms with E-state index in [2.05, 4.69) is 9.97 Å². The van der Waals surface area contributed by atoms with Crippen LogP contribution in [0.3, 0.4) is 0 Å². The van der Waals surface area contributed by atoms with Gasteiger partial charge in [-0.3, -0.25) is 23.9 Å². The number of ketones is 1. The monoisotopic (exact) mass is 395 g/mol. The molecule has 1 aliphatic carbocycles. The summed E-state index contributed by atoms with van der Waals surface area (Å²) >= 11 is 2.43. The third-order valence-corrected chi connectivity index (χ3v) is 6.21. The second-order valence-corrected chi connectivity index (χ2v) is 8.27. The average Bonchev–Trinajstić information content (AvgIpc) is 3.29. The van der Waals surface area contributed by atoms with E-state index in [0.29, 0.717) is 10.0 Å². The van der Waals surface area contributed by atoms with Crippen LogP contribution >= 0.6 is 23.1 Å². The number of rotatable bonds is 7. The number of aryl methyl sites for hydroxylation is 1. The highest BCUT2D eigenvalue weighted by Crippen LogP contribution is 2.35. The normalized spacial score (nSPS) is 13.7. The predicted octanol–water partition coefficient (Wildman–Crippen LogP) is 0.221. The molecule has 11 heteroatoms.